The molecule has 2 amide bonds. The Bertz CT molecular complexity index is 747. The molecule has 0 saturated carbocycles. The van der Waals surface area contributed by atoms with E-state index < -0.39 is 0 Å². The summed E-state index contributed by atoms with van der Waals surface area (Å²) in [5.41, 5.74) is 4.58. The monoisotopic (exact) mass is 369 g/mol. The first-order valence-electron chi connectivity index (χ1n) is 9.90. The third kappa shape index (κ3) is 5.10. The van der Waals surface area contributed by atoms with Gasteiger partial charge in [0.1, 0.15) is 0 Å². The van der Waals surface area contributed by atoms with Gasteiger partial charge in [0.15, 0.2) is 0 Å². The van der Waals surface area contributed by atoms with Gasteiger partial charge in [-0.1, -0.05) is 30.3 Å². The van der Waals surface area contributed by atoms with E-state index in [9.17, 15) is 4.79 Å². The molecule has 1 fully saturated rings. The van der Waals surface area contributed by atoms with Crippen molar-refractivity contribution in [2.24, 2.45) is 0 Å². The van der Waals surface area contributed by atoms with E-state index >= 15 is 0 Å². The van der Waals surface area contributed by atoms with Gasteiger partial charge < -0.3 is 10.6 Å². The molecule has 0 bridgehead atoms. The van der Waals surface area contributed by atoms with Crippen LogP contribution >= 0.6 is 0 Å². The number of aromatic nitrogens is 2. The number of piperidine rings is 1. The van der Waals surface area contributed by atoms with Gasteiger partial charge in [-0.15, -0.1) is 0 Å². The number of nitrogens with one attached hydrogen (secondary N) is 2. The molecular weight excluding hydrogens is 338 g/mol. The van der Waals surface area contributed by atoms with Gasteiger partial charge in [0, 0.05) is 50.0 Å². The van der Waals surface area contributed by atoms with Gasteiger partial charge in [-0.25, -0.2) is 4.79 Å². The van der Waals surface area contributed by atoms with Crippen LogP contribution in [0.1, 0.15) is 42.3 Å². The second-order valence-electron chi connectivity index (χ2n) is 7.33. The molecule has 0 atom stereocenters. The average molecular weight is 370 g/mol. The van der Waals surface area contributed by atoms with Crippen molar-refractivity contribution in [2.45, 2.75) is 59.3 Å². The van der Waals surface area contributed by atoms with Crippen molar-refractivity contribution in [1.29, 1.82) is 0 Å². The van der Waals surface area contributed by atoms with Gasteiger partial charge in [-0.2, -0.15) is 5.10 Å². The largest absolute Gasteiger partial charge is 0.335 e. The summed E-state index contributed by atoms with van der Waals surface area (Å²) in [6.07, 6.45) is 1.98. The summed E-state index contributed by atoms with van der Waals surface area (Å²) < 4.78 is 1.98. The molecule has 1 aliphatic heterocycles. The number of nitrogens with zero attached hydrogens (tertiary/aromatic N) is 3. The van der Waals surface area contributed by atoms with Crippen LogP contribution in [0.2, 0.25) is 0 Å². The van der Waals surface area contributed by atoms with Gasteiger partial charge in [0.25, 0.3) is 0 Å². The van der Waals surface area contributed by atoms with E-state index in [0.29, 0.717) is 6.54 Å². The first kappa shape index (κ1) is 19.4. The van der Waals surface area contributed by atoms with Crippen LogP contribution in [0.4, 0.5) is 4.79 Å². The number of carbonyl (C=O) groups excluding carboxylic acids is 1. The molecule has 3 rings (SSSR count). The molecule has 2 aromatic rings. The molecule has 2 N–H and O–H groups in total. The fourth-order valence-corrected chi connectivity index (χ4v) is 3.78. The van der Waals surface area contributed by atoms with Crippen molar-refractivity contribution < 1.29 is 4.79 Å². The topological polar surface area (TPSA) is 62.2 Å². The maximum absolute atomic E-state index is 12.3. The Balaban J connectivity index is 1.41. The van der Waals surface area contributed by atoms with Crippen LogP contribution in [0, 0.1) is 13.8 Å². The Kier molecular flexibility index (Phi) is 6.50. The molecule has 27 heavy (non-hydrogen) atoms. The van der Waals surface area contributed by atoms with Crippen LogP contribution in [0.25, 0.3) is 0 Å². The number of urea groups is 1. The van der Waals surface area contributed by atoms with Crippen molar-refractivity contribution in [3.8, 4) is 0 Å². The number of benzene rings is 1. The Morgan fingerprint density at radius 2 is 1.89 bits per heavy atom. The molecule has 0 spiro atoms. The molecule has 6 nitrogen and oxygen atoms in total. The zero-order valence-electron chi connectivity index (χ0n) is 16.7. The third-order valence-corrected chi connectivity index (χ3v) is 5.43. The highest BCUT2D eigenvalue weighted by atomic mass is 16.2. The van der Waals surface area contributed by atoms with E-state index in [2.05, 4.69) is 64.8 Å². The number of amides is 2. The van der Waals surface area contributed by atoms with E-state index in [1.807, 2.05) is 11.6 Å². The molecule has 2 heterocycles. The van der Waals surface area contributed by atoms with Gasteiger partial charge in [0.2, 0.25) is 0 Å². The minimum absolute atomic E-state index is 0.0837. The molecule has 1 aromatic heterocycles. The molecule has 146 valence electrons. The Morgan fingerprint density at radius 1 is 1.19 bits per heavy atom. The van der Waals surface area contributed by atoms with Crippen LogP contribution < -0.4 is 10.6 Å². The molecular formula is C21H31N5O. The molecule has 1 saturated heterocycles. The van der Waals surface area contributed by atoms with Crippen LogP contribution in [-0.4, -0.2) is 39.8 Å². The first-order chi connectivity index (χ1) is 13.1. The molecule has 0 unspecified atom stereocenters. The van der Waals surface area contributed by atoms with E-state index in [-0.39, 0.29) is 12.1 Å². The molecule has 1 aliphatic rings. The number of hydrogen-bond acceptors (Lipinski definition) is 3. The first-order valence-corrected chi connectivity index (χ1v) is 9.90. The number of aryl methyl sites for hydroxylation is 2. The maximum atomic E-state index is 12.3. The lowest BCUT2D eigenvalue weighted by atomic mass is 10.0. The minimum Gasteiger partial charge on any atom is -0.335 e. The van der Waals surface area contributed by atoms with Crippen molar-refractivity contribution in [1.82, 2.24) is 25.3 Å². The quantitative estimate of drug-likeness (QED) is 0.823. The van der Waals surface area contributed by atoms with Gasteiger partial charge >= 0.3 is 6.03 Å². The summed E-state index contributed by atoms with van der Waals surface area (Å²) in [4.78, 5) is 14.7. The number of likely N-dealkylation sites (tertiary alicyclic amines) is 1. The predicted molar refractivity (Wildman–Crippen MR) is 107 cm³/mol. The van der Waals surface area contributed by atoms with Crippen molar-refractivity contribution >= 4 is 6.03 Å². The van der Waals surface area contributed by atoms with E-state index in [1.54, 1.807) is 0 Å². The smallest absolute Gasteiger partial charge is 0.315 e. The molecule has 6 heteroatoms. The lowest BCUT2D eigenvalue weighted by Crippen LogP contribution is -2.47. The standard InChI is InChI=1S/C21H31N5O/c1-4-26-17(3)20(16(2)24-26)14-22-21(27)23-19-10-12-25(13-11-19)15-18-8-6-5-7-9-18/h5-9,19H,4,10-15H2,1-3H3,(H2,22,23,27). The van der Waals surface area contributed by atoms with E-state index in [1.165, 1.54) is 5.56 Å². The normalized spacial score (nSPS) is 15.7. The summed E-state index contributed by atoms with van der Waals surface area (Å²) in [6, 6.07) is 10.7. The average Bonchev–Trinajstić information content (AvgIpc) is 2.95. The van der Waals surface area contributed by atoms with Gasteiger partial charge in [-0.3, -0.25) is 9.58 Å². The second-order valence-corrected chi connectivity index (χ2v) is 7.33. The van der Waals surface area contributed by atoms with Crippen LogP contribution in [0.5, 0.6) is 0 Å². The lowest BCUT2D eigenvalue weighted by molar-refractivity contribution is 0.186. The lowest BCUT2D eigenvalue weighted by Gasteiger charge is -2.32. The molecule has 0 radical (unpaired) electrons. The third-order valence-electron chi connectivity index (χ3n) is 5.43. The molecule has 0 aliphatic carbocycles. The number of rotatable bonds is 6. The van der Waals surface area contributed by atoms with Gasteiger partial charge in [0.05, 0.1) is 5.69 Å². The number of hydrogen-bond donors (Lipinski definition) is 2. The fraction of sp³-hybridized carbons (Fsp3) is 0.524. The van der Waals surface area contributed by atoms with Crippen molar-refractivity contribution in [3.05, 3.63) is 52.8 Å². The maximum Gasteiger partial charge on any atom is 0.315 e. The Hall–Kier alpha value is -2.34. The van der Waals surface area contributed by atoms with Crippen LogP contribution in [-0.2, 0) is 19.6 Å². The van der Waals surface area contributed by atoms with Crippen LogP contribution in [0.15, 0.2) is 30.3 Å². The van der Waals surface area contributed by atoms with Crippen molar-refractivity contribution in [2.75, 3.05) is 13.1 Å². The molecule has 1 aromatic carbocycles. The predicted octanol–water partition coefficient (Wildman–Crippen LogP) is 2.98. The Morgan fingerprint density at radius 3 is 2.52 bits per heavy atom. The van der Waals surface area contributed by atoms with E-state index in [4.69, 9.17) is 0 Å². The van der Waals surface area contributed by atoms with E-state index in [0.717, 1.165) is 56.0 Å². The van der Waals surface area contributed by atoms with Gasteiger partial charge in [-0.05, 0) is 39.2 Å². The van der Waals surface area contributed by atoms with Crippen LogP contribution in [0.3, 0.4) is 0 Å². The highest BCUT2D eigenvalue weighted by molar-refractivity contribution is 5.74. The summed E-state index contributed by atoms with van der Waals surface area (Å²) in [5, 5.41) is 10.6. The zero-order valence-corrected chi connectivity index (χ0v) is 16.7. The summed E-state index contributed by atoms with van der Waals surface area (Å²) >= 11 is 0. The van der Waals surface area contributed by atoms with Crippen molar-refractivity contribution in [3.63, 3.8) is 0 Å². The zero-order chi connectivity index (χ0) is 19.2. The summed E-state index contributed by atoms with van der Waals surface area (Å²) in [7, 11) is 0. The second kappa shape index (κ2) is 9.04. The summed E-state index contributed by atoms with van der Waals surface area (Å²) in [5.74, 6) is 0. The number of carbonyl (C=O) groups is 1. The Labute approximate surface area is 161 Å². The minimum atomic E-state index is -0.0837. The summed E-state index contributed by atoms with van der Waals surface area (Å²) in [6.45, 7) is 10.5. The SMILES string of the molecule is CCn1nc(C)c(CNC(=O)NC2CCN(Cc3ccccc3)CC2)c1C. The highest BCUT2D eigenvalue weighted by Crippen LogP contribution is 2.15. The fourth-order valence-electron chi connectivity index (χ4n) is 3.78. The highest BCUT2D eigenvalue weighted by Gasteiger charge is 2.21.